The molecular weight excluding hydrogens is 347 g/mol. The number of nitrogens with one attached hydrogen (secondary N) is 1. The van der Waals surface area contributed by atoms with Crippen LogP contribution in [-0.4, -0.2) is 27.8 Å². The Balaban J connectivity index is 0.00000288. The average molecular weight is 371 g/mol. The second-order valence-electron chi connectivity index (χ2n) is 6.44. The minimum absolute atomic E-state index is 0. The summed E-state index contributed by atoms with van der Waals surface area (Å²) in [6.45, 7) is 6.55. The van der Waals surface area contributed by atoms with Crippen LogP contribution in [0.5, 0.6) is 0 Å². The number of carbonyl (C=O) groups is 1. The summed E-state index contributed by atoms with van der Waals surface area (Å²) in [5.41, 5.74) is 6.56. The third-order valence-electron chi connectivity index (χ3n) is 3.62. The summed E-state index contributed by atoms with van der Waals surface area (Å²) in [7, 11) is 0. The lowest BCUT2D eigenvalue weighted by Gasteiger charge is -2.30. The minimum Gasteiger partial charge on any atom is -0.344 e. The molecule has 1 aromatic carbocycles. The summed E-state index contributed by atoms with van der Waals surface area (Å²) < 4.78 is 1.63. The quantitative estimate of drug-likeness (QED) is 0.817. The van der Waals surface area contributed by atoms with Crippen LogP contribution in [0.2, 0.25) is 5.02 Å². The Kier molecular flexibility index (Phi) is 7.27. The summed E-state index contributed by atoms with van der Waals surface area (Å²) in [5, 5.41) is 7.95. The molecule has 0 spiro atoms. The van der Waals surface area contributed by atoms with Crippen LogP contribution in [0.3, 0.4) is 0 Å². The van der Waals surface area contributed by atoms with Crippen molar-refractivity contribution < 1.29 is 4.79 Å². The predicted molar refractivity (Wildman–Crippen MR) is 100 cm³/mol. The number of amides is 1. The molecule has 1 aromatic heterocycles. The molecule has 0 saturated carbocycles. The van der Waals surface area contributed by atoms with Gasteiger partial charge in [-0.3, -0.25) is 4.79 Å². The number of hydrogen-bond donors (Lipinski definition) is 2. The fraction of sp³-hybridized carbons (Fsp3) is 0.412. The average Bonchev–Trinajstić information content (AvgIpc) is 2.96. The molecule has 1 amide bonds. The minimum atomic E-state index is -0.439. The SMILES string of the molecule is CC(C)CC(C)(CN)NC(=O)c1ccn(-c2cccc(Cl)c2)n1.Cl. The van der Waals surface area contributed by atoms with E-state index in [0.717, 1.165) is 12.1 Å². The van der Waals surface area contributed by atoms with E-state index < -0.39 is 5.54 Å². The number of rotatable bonds is 6. The molecule has 7 heteroatoms. The number of nitrogens with zero attached hydrogens (tertiary/aromatic N) is 2. The van der Waals surface area contributed by atoms with E-state index in [-0.39, 0.29) is 18.3 Å². The molecular formula is C17H24Cl2N4O. The van der Waals surface area contributed by atoms with E-state index in [1.54, 1.807) is 29.1 Å². The Hall–Kier alpha value is -1.56. The smallest absolute Gasteiger partial charge is 0.272 e. The number of hydrogen-bond acceptors (Lipinski definition) is 3. The first-order chi connectivity index (χ1) is 10.8. The molecule has 2 rings (SSSR count). The van der Waals surface area contributed by atoms with Crippen molar-refractivity contribution in [2.24, 2.45) is 11.7 Å². The van der Waals surface area contributed by atoms with E-state index in [9.17, 15) is 4.79 Å². The zero-order chi connectivity index (χ0) is 17.0. The topological polar surface area (TPSA) is 72.9 Å². The molecule has 1 heterocycles. The second kappa shape index (κ2) is 8.51. The standard InChI is InChI=1S/C17H23ClN4O.ClH/c1-12(2)10-17(3,11-19)20-16(23)15-7-8-22(21-15)14-6-4-5-13(18)9-14;/h4-9,12H,10-11,19H2,1-3H3,(H,20,23);1H. The zero-order valence-corrected chi connectivity index (χ0v) is 15.7. The van der Waals surface area contributed by atoms with E-state index in [1.165, 1.54) is 0 Å². The first-order valence-electron chi connectivity index (χ1n) is 7.67. The van der Waals surface area contributed by atoms with E-state index in [1.807, 2.05) is 19.1 Å². The Labute approximate surface area is 154 Å². The van der Waals surface area contributed by atoms with Crippen LogP contribution in [-0.2, 0) is 0 Å². The van der Waals surface area contributed by atoms with Gasteiger partial charge in [-0.25, -0.2) is 4.68 Å². The summed E-state index contributed by atoms with van der Waals surface area (Å²) in [5.74, 6) is 0.215. The van der Waals surface area contributed by atoms with E-state index in [2.05, 4.69) is 24.3 Å². The molecule has 0 aliphatic heterocycles. The largest absolute Gasteiger partial charge is 0.344 e. The summed E-state index contributed by atoms with van der Waals surface area (Å²) in [6, 6.07) is 8.98. The van der Waals surface area contributed by atoms with Gasteiger partial charge in [0.05, 0.1) is 11.2 Å². The first kappa shape index (κ1) is 20.5. The van der Waals surface area contributed by atoms with Crippen LogP contribution in [0.15, 0.2) is 36.5 Å². The summed E-state index contributed by atoms with van der Waals surface area (Å²) in [6.07, 6.45) is 2.55. The van der Waals surface area contributed by atoms with Gasteiger partial charge in [-0.1, -0.05) is 31.5 Å². The molecule has 0 aliphatic carbocycles. The van der Waals surface area contributed by atoms with Gasteiger partial charge in [0.25, 0.3) is 5.91 Å². The molecule has 1 atom stereocenters. The van der Waals surface area contributed by atoms with Gasteiger partial charge in [0.1, 0.15) is 0 Å². The molecule has 0 radical (unpaired) electrons. The molecule has 0 fully saturated rings. The normalized spacial score (nSPS) is 13.2. The van der Waals surface area contributed by atoms with Crippen molar-refractivity contribution in [2.75, 3.05) is 6.54 Å². The lowest BCUT2D eigenvalue weighted by molar-refractivity contribution is 0.0892. The highest BCUT2D eigenvalue weighted by Gasteiger charge is 2.27. The Bertz CT molecular complexity index is 687. The molecule has 24 heavy (non-hydrogen) atoms. The Morgan fingerprint density at radius 3 is 2.71 bits per heavy atom. The van der Waals surface area contributed by atoms with Gasteiger partial charge in [-0.15, -0.1) is 12.4 Å². The van der Waals surface area contributed by atoms with E-state index in [4.69, 9.17) is 17.3 Å². The van der Waals surface area contributed by atoms with Gasteiger partial charge in [0, 0.05) is 17.8 Å². The van der Waals surface area contributed by atoms with Crippen LogP contribution in [0.1, 0.15) is 37.7 Å². The van der Waals surface area contributed by atoms with Gasteiger partial charge in [0.2, 0.25) is 0 Å². The van der Waals surface area contributed by atoms with Crippen molar-refractivity contribution >= 4 is 29.9 Å². The number of nitrogens with two attached hydrogens (primary N) is 1. The van der Waals surface area contributed by atoms with Gasteiger partial charge < -0.3 is 11.1 Å². The Morgan fingerprint density at radius 2 is 2.12 bits per heavy atom. The molecule has 132 valence electrons. The fourth-order valence-electron chi connectivity index (χ4n) is 2.63. The number of aromatic nitrogens is 2. The van der Waals surface area contributed by atoms with Crippen LogP contribution in [0.4, 0.5) is 0 Å². The van der Waals surface area contributed by atoms with E-state index >= 15 is 0 Å². The Morgan fingerprint density at radius 1 is 1.42 bits per heavy atom. The monoisotopic (exact) mass is 370 g/mol. The van der Waals surface area contributed by atoms with Crippen LogP contribution in [0, 0.1) is 5.92 Å². The molecule has 0 saturated heterocycles. The molecule has 3 N–H and O–H groups in total. The van der Waals surface area contributed by atoms with Crippen molar-refractivity contribution in [1.82, 2.24) is 15.1 Å². The molecule has 5 nitrogen and oxygen atoms in total. The zero-order valence-electron chi connectivity index (χ0n) is 14.1. The van der Waals surface area contributed by atoms with Gasteiger partial charge in [0.15, 0.2) is 5.69 Å². The van der Waals surface area contributed by atoms with Crippen molar-refractivity contribution in [3.8, 4) is 5.69 Å². The maximum atomic E-state index is 12.4. The van der Waals surface area contributed by atoms with Gasteiger partial charge >= 0.3 is 0 Å². The third kappa shape index (κ3) is 5.23. The third-order valence-corrected chi connectivity index (χ3v) is 3.85. The maximum Gasteiger partial charge on any atom is 0.272 e. The van der Waals surface area contributed by atoms with Crippen LogP contribution in [0.25, 0.3) is 5.69 Å². The highest BCUT2D eigenvalue weighted by Crippen LogP contribution is 2.17. The fourth-order valence-corrected chi connectivity index (χ4v) is 2.82. The summed E-state index contributed by atoms with van der Waals surface area (Å²) in [4.78, 5) is 12.4. The summed E-state index contributed by atoms with van der Waals surface area (Å²) >= 11 is 5.98. The van der Waals surface area contributed by atoms with Gasteiger partial charge in [-0.2, -0.15) is 5.10 Å². The van der Waals surface area contributed by atoms with Crippen molar-refractivity contribution in [1.29, 1.82) is 0 Å². The number of benzene rings is 1. The maximum absolute atomic E-state index is 12.4. The number of halogens is 2. The van der Waals surface area contributed by atoms with Gasteiger partial charge in [-0.05, 0) is 43.5 Å². The molecule has 0 aliphatic rings. The van der Waals surface area contributed by atoms with Crippen molar-refractivity contribution in [3.05, 3.63) is 47.2 Å². The number of carbonyl (C=O) groups excluding carboxylic acids is 1. The van der Waals surface area contributed by atoms with E-state index in [0.29, 0.717) is 23.2 Å². The molecule has 0 bridgehead atoms. The van der Waals surface area contributed by atoms with Crippen molar-refractivity contribution in [3.63, 3.8) is 0 Å². The lowest BCUT2D eigenvalue weighted by Crippen LogP contribution is -2.52. The molecule has 1 unspecified atom stereocenters. The highest BCUT2D eigenvalue weighted by molar-refractivity contribution is 6.30. The van der Waals surface area contributed by atoms with Crippen LogP contribution >= 0.6 is 24.0 Å². The van der Waals surface area contributed by atoms with Crippen molar-refractivity contribution in [2.45, 2.75) is 32.7 Å². The molecule has 2 aromatic rings. The van der Waals surface area contributed by atoms with Crippen LogP contribution < -0.4 is 11.1 Å². The highest BCUT2D eigenvalue weighted by atomic mass is 35.5. The predicted octanol–water partition coefficient (Wildman–Crippen LogP) is 3.44. The lowest BCUT2D eigenvalue weighted by atomic mass is 9.90. The second-order valence-corrected chi connectivity index (χ2v) is 6.88. The first-order valence-corrected chi connectivity index (χ1v) is 8.05.